The molecule has 0 radical (unpaired) electrons. The molecule has 1 N–H and O–H groups in total. The largest absolute Gasteiger partial charge is 0.349 e. The van der Waals surface area contributed by atoms with Crippen LogP contribution in [0, 0.1) is 0 Å². The normalized spacial score (nSPS) is 18.9. The fourth-order valence-electron chi connectivity index (χ4n) is 2.43. The van der Waals surface area contributed by atoms with Gasteiger partial charge in [0.15, 0.2) is 0 Å². The van der Waals surface area contributed by atoms with Crippen molar-refractivity contribution in [2.75, 3.05) is 5.88 Å². The van der Waals surface area contributed by atoms with Crippen LogP contribution in [0.5, 0.6) is 0 Å². The molecule has 1 heterocycles. The maximum Gasteiger partial charge on any atom is 0.225 e. The first-order valence-electron chi connectivity index (χ1n) is 6.13. The fourth-order valence-corrected chi connectivity index (χ4v) is 3.47. The molecule has 94 valence electrons. The Morgan fingerprint density at radius 1 is 1.41 bits per heavy atom. The van der Waals surface area contributed by atoms with Gasteiger partial charge >= 0.3 is 0 Å². The zero-order valence-corrected chi connectivity index (χ0v) is 11.4. The van der Waals surface area contributed by atoms with E-state index < -0.39 is 0 Å². The molecule has 1 aromatic rings. The van der Waals surface area contributed by atoms with Gasteiger partial charge in [0.2, 0.25) is 5.91 Å². The second-order valence-corrected chi connectivity index (χ2v) is 6.08. The zero-order valence-electron chi connectivity index (χ0n) is 9.88. The number of hydrogen-bond acceptors (Lipinski definition) is 2. The molecule has 1 saturated carbocycles. The molecule has 0 spiro atoms. The third kappa shape index (κ3) is 3.46. The van der Waals surface area contributed by atoms with Crippen molar-refractivity contribution in [3.05, 3.63) is 22.4 Å². The quantitative estimate of drug-likeness (QED) is 0.836. The van der Waals surface area contributed by atoms with E-state index in [1.165, 1.54) is 19.3 Å². The minimum absolute atomic E-state index is 0.106. The predicted octanol–water partition coefficient (Wildman–Crippen LogP) is 3.35. The number of amides is 1. The Morgan fingerprint density at radius 3 is 2.76 bits per heavy atom. The Balaban J connectivity index is 1.91. The van der Waals surface area contributed by atoms with Gasteiger partial charge < -0.3 is 5.32 Å². The lowest BCUT2D eigenvalue weighted by Gasteiger charge is -2.36. The summed E-state index contributed by atoms with van der Waals surface area (Å²) in [4.78, 5) is 13.1. The fraction of sp³-hybridized carbons (Fsp3) is 0.615. The van der Waals surface area contributed by atoms with Crippen molar-refractivity contribution in [1.82, 2.24) is 5.32 Å². The molecule has 1 fully saturated rings. The summed E-state index contributed by atoms with van der Waals surface area (Å²) in [5.41, 5.74) is -0.145. The van der Waals surface area contributed by atoms with Crippen molar-refractivity contribution in [3.8, 4) is 0 Å². The van der Waals surface area contributed by atoms with Crippen molar-refractivity contribution < 1.29 is 4.79 Å². The first-order valence-corrected chi connectivity index (χ1v) is 7.55. The highest BCUT2D eigenvalue weighted by molar-refractivity contribution is 7.10. The molecule has 1 amide bonds. The number of alkyl halides is 1. The van der Waals surface area contributed by atoms with Crippen molar-refractivity contribution in [2.45, 2.75) is 44.1 Å². The topological polar surface area (TPSA) is 29.1 Å². The van der Waals surface area contributed by atoms with Crippen LogP contribution < -0.4 is 5.32 Å². The molecule has 0 unspecified atom stereocenters. The summed E-state index contributed by atoms with van der Waals surface area (Å²) in [7, 11) is 0. The van der Waals surface area contributed by atoms with Crippen LogP contribution in [-0.2, 0) is 11.2 Å². The van der Waals surface area contributed by atoms with Crippen molar-refractivity contribution >= 4 is 28.8 Å². The van der Waals surface area contributed by atoms with Gasteiger partial charge in [-0.25, -0.2) is 0 Å². The third-order valence-electron chi connectivity index (χ3n) is 3.39. The van der Waals surface area contributed by atoms with Gasteiger partial charge in [-0.2, -0.15) is 0 Å². The zero-order chi connectivity index (χ0) is 12.1. The second kappa shape index (κ2) is 5.87. The maximum atomic E-state index is 12.0. The Bertz CT molecular complexity index is 358. The number of carbonyl (C=O) groups excluding carboxylic acids is 1. The number of nitrogens with one attached hydrogen (secondary N) is 1. The van der Waals surface area contributed by atoms with E-state index in [1.54, 1.807) is 11.3 Å². The van der Waals surface area contributed by atoms with E-state index in [-0.39, 0.29) is 11.4 Å². The maximum absolute atomic E-state index is 12.0. The Kier molecular flexibility index (Phi) is 4.46. The van der Waals surface area contributed by atoms with Crippen molar-refractivity contribution in [2.24, 2.45) is 0 Å². The van der Waals surface area contributed by atoms with Gasteiger partial charge in [0.1, 0.15) is 0 Å². The summed E-state index contributed by atoms with van der Waals surface area (Å²) in [6.45, 7) is 0. The van der Waals surface area contributed by atoms with Gasteiger partial charge in [0.05, 0.1) is 12.0 Å². The van der Waals surface area contributed by atoms with E-state index >= 15 is 0 Å². The Hall–Kier alpha value is -0.540. The van der Waals surface area contributed by atoms with Gasteiger partial charge in [0, 0.05) is 10.8 Å². The monoisotopic (exact) mass is 271 g/mol. The lowest BCUT2D eigenvalue weighted by Crippen LogP contribution is -2.51. The lowest BCUT2D eigenvalue weighted by atomic mass is 9.83. The molecular formula is C13H18ClNOS. The SMILES string of the molecule is O=C(Cc1cccs1)NC1(CCl)CCCCC1. The number of hydrogen-bond donors (Lipinski definition) is 1. The molecule has 0 aliphatic heterocycles. The Morgan fingerprint density at radius 2 is 2.18 bits per heavy atom. The van der Waals surface area contributed by atoms with Crippen LogP contribution in [0.3, 0.4) is 0 Å². The average Bonchev–Trinajstić information content (AvgIpc) is 2.83. The summed E-state index contributed by atoms with van der Waals surface area (Å²) in [6.07, 6.45) is 6.13. The second-order valence-electron chi connectivity index (χ2n) is 4.78. The smallest absolute Gasteiger partial charge is 0.225 e. The summed E-state index contributed by atoms with van der Waals surface area (Å²) >= 11 is 7.68. The highest BCUT2D eigenvalue weighted by Gasteiger charge is 2.32. The minimum Gasteiger partial charge on any atom is -0.349 e. The molecule has 1 aliphatic carbocycles. The van der Waals surface area contributed by atoms with Gasteiger partial charge in [0.25, 0.3) is 0 Å². The van der Waals surface area contributed by atoms with Crippen LogP contribution in [0.4, 0.5) is 0 Å². The molecule has 1 aliphatic rings. The lowest BCUT2D eigenvalue weighted by molar-refractivity contribution is -0.122. The minimum atomic E-state index is -0.145. The summed E-state index contributed by atoms with van der Waals surface area (Å²) in [6, 6.07) is 3.98. The Labute approximate surface area is 111 Å². The van der Waals surface area contributed by atoms with Crippen LogP contribution in [0.2, 0.25) is 0 Å². The van der Waals surface area contributed by atoms with E-state index in [2.05, 4.69) is 5.32 Å². The average molecular weight is 272 g/mol. The molecule has 17 heavy (non-hydrogen) atoms. The molecule has 0 atom stereocenters. The molecular weight excluding hydrogens is 254 g/mol. The molecule has 0 bridgehead atoms. The van der Waals surface area contributed by atoms with Gasteiger partial charge in [-0.15, -0.1) is 22.9 Å². The summed E-state index contributed by atoms with van der Waals surface area (Å²) in [5, 5.41) is 5.16. The molecule has 2 rings (SSSR count). The van der Waals surface area contributed by atoms with E-state index in [0.717, 1.165) is 17.7 Å². The number of thiophene rings is 1. The van der Waals surface area contributed by atoms with Crippen LogP contribution >= 0.6 is 22.9 Å². The van der Waals surface area contributed by atoms with E-state index in [4.69, 9.17) is 11.6 Å². The standard InChI is InChI=1S/C13H18ClNOS/c14-10-13(6-2-1-3-7-13)15-12(16)9-11-5-4-8-17-11/h4-5,8H,1-3,6-7,9-10H2,(H,15,16). The van der Waals surface area contributed by atoms with Crippen LogP contribution in [0.1, 0.15) is 37.0 Å². The van der Waals surface area contributed by atoms with Crippen molar-refractivity contribution in [3.63, 3.8) is 0 Å². The third-order valence-corrected chi connectivity index (χ3v) is 4.77. The highest BCUT2D eigenvalue weighted by atomic mass is 35.5. The van der Waals surface area contributed by atoms with E-state index in [0.29, 0.717) is 12.3 Å². The van der Waals surface area contributed by atoms with E-state index in [1.807, 2.05) is 17.5 Å². The molecule has 0 aromatic carbocycles. The van der Waals surface area contributed by atoms with Gasteiger partial charge in [-0.05, 0) is 24.3 Å². The first kappa shape index (κ1) is 12.9. The van der Waals surface area contributed by atoms with Crippen LogP contribution in [0.15, 0.2) is 17.5 Å². The van der Waals surface area contributed by atoms with Crippen LogP contribution in [0.25, 0.3) is 0 Å². The molecule has 4 heteroatoms. The summed E-state index contributed by atoms with van der Waals surface area (Å²) < 4.78 is 0. The van der Waals surface area contributed by atoms with E-state index in [9.17, 15) is 4.79 Å². The first-order chi connectivity index (χ1) is 8.24. The molecule has 2 nitrogen and oxygen atoms in total. The number of rotatable bonds is 4. The molecule has 0 saturated heterocycles. The summed E-state index contributed by atoms with van der Waals surface area (Å²) in [5.74, 6) is 0.637. The highest BCUT2D eigenvalue weighted by Crippen LogP contribution is 2.29. The van der Waals surface area contributed by atoms with Crippen LogP contribution in [-0.4, -0.2) is 17.3 Å². The van der Waals surface area contributed by atoms with Crippen molar-refractivity contribution in [1.29, 1.82) is 0 Å². The molecule has 1 aromatic heterocycles. The number of carbonyl (C=O) groups is 1. The number of halogens is 1. The van der Waals surface area contributed by atoms with Gasteiger partial charge in [-0.3, -0.25) is 4.79 Å². The van der Waals surface area contributed by atoms with Gasteiger partial charge in [-0.1, -0.05) is 25.3 Å². The predicted molar refractivity (Wildman–Crippen MR) is 72.7 cm³/mol.